The zero-order valence-electron chi connectivity index (χ0n) is 16.6. The van der Waals surface area contributed by atoms with Crippen molar-refractivity contribution in [2.45, 2.75) is 19.3 Å². The van der Waals surface area contributed by atoms with E-state index in [9.17, 15) is 4.79 Å². The van der Waals surface area contributed by atoms with Crippen LogP contribution in [-0.2, 0) is 7.05 Å². The molecule has 152 valence electrons. The Morgan fingerprint density at radius 2 is 2.07 bits per heavy atom. The number of carbonyl (C=O) groups is 1. The van der Waals surface area contributed by atoms with E-state index in [2.05, 4.69) is 20.3 Å². The number of rotatable bonds is 6. The number of likely N-dealkylation sites (tertiary alicyclic amines) is 1. The molecule has 1 aliphatic heterocycles. The number of fused-ring (bicyclic) bond motifs is 1. The molecule has 8 nitrogen and oxygen atoms in total. The maximum absolute atomic E-state index is 12.4. The van der Waals surface area contributed by atoms with Crippen LogP contribution in [0.3, 0.4) is 0 Å². The number of benzene rings is 1. The van der Waals surface area contributed by atoms with Crippen LogP contribution in [0.25, 0.3) is 10.9 Å². The van der Waals surface area contributed by atoms with Gasteiger partial charge >= 0.3 is 0 Å². The van der Waals surface area contributed by atoms with Crippen molar-refractivity contribution >= 4 is 28.2 Å². The summed E-state index contributed by atoms with van der Waals surface area (Å²) in [6.07, 6.45) is 5.41. The highest BCUT2D eigenvalue weighted by Gasteiger charge is 2.15. The molecule has 0 bridgehead atoms. The summed E-state index contributed by atoms with van der Waals surface area (Å²) in [6, 6.07) is 8.96. The van der Waals surface area contributed by atoms with E-state index >= 15 is 0 Å². The quantitative estimate of drug-likeness (QED) is 0.667. The lowest BCUT2D eigenvalue weighted by molar-refractivity contribution is 0.102. The van der Waals surface area contributed by atoms with E-state index in [1.165, 1.54) is 19.3 Å². The minimum absolute atomic E-state index is 0.208. The summed E-state index contributed by atoms with van der Waals surface area (Å²) in [5.74, 6) is 0.272. The molecule has 3 heterocycles. The van der Waals surface area contributed by atoms with E-state index in [4.69, 9.17) is 10.5 Å². The molecule has 3 N–H and O–H groups in total. The fourth-order valence-electron chi connectivity index (χ4n) is 3.66. The number of nitrogens with two attached hydrogens (primary N) is 1. The van der Waals surface area contributed by atoms with E-state index in [1.807, 2.05) is 25.2 Å². The molecular weight excluding hydrogens is 368 g/mol. The zero-order valence-corrected chi connectivity index (χ0v) is 16.6. The molecule has 1 fully saturated rings. The number of piperidine rings is 1. The average molecular weight is 394 g/mol. The molecule has 1 saturated heterocycles. The van der Waals surface area contributed by atoms with Crippen LogP contribution in [0.1, 0.15) is 29.8 Å². The summed E-state index contributed by atoms with van der Waals surface area (Å²) in [5, 5.41) is 8.26. The number of pyridine rings is 1. The molecule has 0 aliphatic carbocycles. The van der Waals surface area contributed by atoms with Crippen molar-refractivity contribution in [3.05, 3.63) is 42.2 Å². The lowest BCUT2D eigenvalue weighted by Crippen LogP contribution is -2.33. The van der Waals surface area contributed by atoms with Gasteiger partial charge in [-0.15, -0.1) is 5.10 Å². The van der Waals surface area contributed by atoms with E-state index in [-0.39, 0.29) is 11.6 Å². The maximum atomic E-state index is 12.4. The molecule has 0 saturated carbocycles. The molecule has 29 heavy (non-hydrogen) atoms. The fourth-order valence-corrected chi connectivity index (χ4v) is 3.66. The SMILES string of the molecule is Cn1nc(OCCN2CCCCC2)c2ccc(NC(=O)c3ncccc3N)cc21. The van der Waals surface area contributed by atoms with Gasteiger partial charge in [0.15, 0.2) is 5.69 Å². The number of aryl methyl sites for hydroxylation is 1. The Morgan fingerprint density at radius 1 is 1.24 bits per heavy atom. The number of nitrogens with one attached hydrogen (secondary N) is 1. The lowest BCUT2D eigenvalue weighted by atomic mass is 10.1. The maximum Gasteiger partial charge on any atom is 0.276 e. The van der Waals surface area contributed by atoms with E-state index < -0.39 is 0 Å². The number of nitrogen functional groups attached to an aromatic ring is 1. The molecule has 1 aliphatic rings. The van der Waals surface area contributed by atoms with Crippen LogP contribution >= 0.6 is 0 Å². The largest absolute Gasteiger partial charge is 0.475 e. The van der Waals surface area contributed by atoms with Crippen molar-refractivity contribution in [1.29, 1.82) is 0 Å². The van der Waals surface area contributed by atoms with Gasteiger partial charge < -0.3 is 15.8 Å². The average Bonchev–Trinajstić information content (AvgIpc) is 3.04. The van der Waals surface area contributed by atoms with Gasteiger partial charge in [-0.3, -0.25) is 14.4 Å². The molecule has 1 amide bonds. The van der Waals surface area contributed by atoms with Gasteiger partial charge in [0.1, 0.15) is 6.61 Å². The standard InChI is InChI=1S/C21H26N6O2/c1-26-18-14-15(24-20(28)19-17(22)6-5-9-23-19)7-8-16(18)21(25-26)29-13-12-27-10-3-2-4-11-27/h5-9,14H,2-4,10-13,22H2,1H3,(H,24,28). The van der Waals surface area contributed by atoms with Gasteiger partial charge in [-0.05, 0) is 56.3 Å². The Kier molecular flexibility index (Phi) is 5.62. The minimum atomic E-state index is -0.345. The normalized spacial score (nSPS) is 14.8. The van der Waals surface area contributed by atoms with Crippen LogP contribution in [0.15, 0.2) is 36.5 Å². The zero-order chi connectivity index (χ0) is 20.2. The second kappa shape index (κ2) is 8.48. The molecule has 3 aromatic rings. The first-order valence-corrected chi connectivity index (χ1v) is 9.95. The molecule has 4 rings (SSSR count). The third kappa shape index (κ3) is 4.32. The second-order valence-corrected chi connectivity index (χ2v) is 7.31. The van der Waals surface area contributed by atoms with Crippen molar-refractivity contribution in [1.82, 2.24) is 19.7 Å². The Balaban J connectivity index is 1.45. The first-order valence-electron chi connectivity index (χ1n) is 9.95. The molecule has 0 atom stereocenters. The first-order chi connectivity index (χ1) is 14.1. The van der Waals surface area contributed by atoms with Crippen molar-refractivity contribution in [3.8, 4) is 5.88 Å². The summed E-state index contributed by atoms with van der Waals surface area (Å²) in [6.45, 7) is 3.83. The Hall–Kier alpha value is -3.13. The van der Waals surface area contributed by atoms with Gasteiger partial charge in [-0.2, -0.15) is 0 Å². The van der Waals surface area contributed by atoms with Gasteiger partial charge in [-0.25, -0.2) is 4.98 Å². The minimum Gasteiger partial charge on any atom is -0.475 e. The van der Waals surface area contributed by atoms with Gasteiger partial charge in [-0.1, -0.05) is 6.42 Å². The molecule has 0 radical (unpaired) electrons. The molecular formula is C21H26N6O2. The highest BCUT2D eigenvalue weighted by atomic mass is 16.5. The van der Waals surface area contributed by atoms with Crippen molar-refractivity contribution < 1.29 is 9.53 Å². The van der Waals surface area contributed by atoms with Gasteiger partial charge in [0.2, 0.25) is 5.88 Å². The van der Waals surface area contributed by atoms with Crippen LogP contribution in [0.2, 0.25) is 0 Å². The molecule has 8 heteroatoms. The first kappa shape index (κ1) is 19.2. The summed E-state index contributed by atoms with van der Waals surface area (Å²) >= 11 is 0. The number of hydrogen-bond donors (Lipinski definition) is 2. The predicted octanol–water partition coefficient (Wildman–Crippen LogP) is 2.67. The molecule has 1 aromatic carbocycles. The van der Waals surface area contributed by atoms with E-state index in [1.54, 1.807) is 23.0 Å². The van der Waals surface area contributed by atoms with Crippen LogP contribution in [0.4, 0.5) is 11.4 Å². The van der Waals surface area contributed by atoms with Crippen LogP contribution < -0.4 is 15.8 Å². The second-order valence-electron chi connectivity index (χ2n) is 7.31. The van der Waals surface area contributed by atoms with Gasteiger partial charge in [0, 0.05) is 25.5 Å². The van der Waals surface area contributed by atoms with Crippen molar-refractivity contribution in [2.24, 2.45) is 7.05 Å². The summed E-state index contributed by atoms with van der Waals surface area (Å²) in [7, 11) is 1.86. The van der Waals surface area contributed by atoms with Crippen LogP contribution in [0.5, 0.6) is 5.88 Å². The Labute approximate surface area is 169 Å². The number of amides is 1. The molecule has 0 unspecified atom stereocenters. The van der Waals surface area contributed by atoms with Gasteiger partial charge in [0.25, 0.3) is 5.91 Å². The number of anilines is 2. The predicted molar refractivity (Wildman–Crippen MR) is 113 cm³/mol. The fraction of sp³-hybridized carbons (Fsp3) is 0.381. The number of ether oxygens (including phenoxy) is 1. The third-order valence-electron chi connectivity index (χ3n) is 5.22. The number of aromatic nitrogens is 3. The highest BCUT2D eigenvalue weighted by Crippen LogP contribution is 2.27. The number of carbonyl (C=O) groups excluding carboxylic acids is 1. The number of hydrogen-bond acceptors (Lipinski definition) is 6. The van der Waals surface area contributed by atoms with Crippen molar-refractivity contribution in [2.75, 3.05) is 37.3 Å². The third-order valence-corrected chi connectivity index (χ3v) is 5.22. The monoisotopic (exact) mass is 394 g/mol. The summed E-state index contributed by atoms with van der Waals surface area (Å²) < 4.78 is 7.72. The number of nitrogens with zero attached hydrogens (tertiary/aromatic N) is 4. The lowest BCUT2D eigenvalue weighted by Gasteiger charge is -2.25. The van der Waals surface area contributed by atoms with E-state index in [0.717, 1.165) is 30.5 Å². The Morgan fingerprint density at radius 3 is 2.86 bits per heavy atom. The smallest absolute Gasteiger partial charge is 0.276 e. The summed E-state index contributed by atoms with van der Waals surface area (Å²) in [5.41, 5.74) is 7.92. The van der Waals surface area contributed by atoms with Crippen LogP contribution in [0, 0.1) is 0 Å². The van der Waals surface area contributed by atoms with E-state index in [0.29, 0.717) is 23.9 Å². The molecule has 0 spiro atoms. The summed E-state index contributed by atoms with van der Waals surface area (Å²) in [4.78, 5) is 18.9. The highest BCUT2D eigenvalue weighted by molar-refractivity contribution is 6.06. The van der Waals surface area contributed by atoms with Crippen LogP contribution in [-0.4, -0.2) is 51.8 Å². The van der Waals surface area contributed by atoms with Gasteiger partial charge in [0.05, 0.1) is 16.6 Å². The topological polar surface area (TPSA) is 98.3 Å². The van der Waals surface area contributed by atoms with Crippen molar-refractivity contribution in [3.63, 3.8) is 0 Å². The molecule has 2 aromatic heterocycles. The Bertz CT molecular complexity index is 1010.